The highest BCUT2D eigenvalue weighted by molar-refractivity contribution is 6.00. The third-order valence-corrected chi connectivity index (χ3v) is 18.1. The van der Waals surface area contributed by atoms with Gasteiger partial charge in [0.05, 0.1) is 32.6 Å². The smallest absolute Gasteiger partial charge is 0.326 e. The molecular formula is C71H115N17O17. The molecule has 14 amide bonds. The first-order valence-corrected chi connectivity index (χ1v) is 36.2. The number of carbonyl (C=O) groups is 15. The van der Waals surface area contributed by atoms with E-state index in [1.54, 1.807) is 85.7 Å². The van der Waals surface area contributed by atoms with E-state index in [9.17, 15) is 77.3 Å². The molecule has 18 N–H and O–H groups in total. The molecule has 0 spiro atoms. The number of aromatic nitrogens is 2. The third-order valence-electron chi connectivity index (χ3n) is 18.1. The molecule has 1 aliphatic heterocycles. The summed E-state index contributed by atoms with van der Waals surface area (Å²) in [6.45, 7) is 21.7. The molecule has 586 valence electrons. The standard InChI is InChI=1S/C71H115N17O17/c1-15-40(10)57(67(100)78-43(13)60(93)77-44(14)61(94)84-52(35-89)65(98)83-51(71(104)105)28-39(8)9)86-69(102)59(42(12)17-3)87-68(101)58(41(11)16-2)85-66(99)53-24-21-25-88(53)70(103)50(29-45-22-19-18-20-23-45)82-63(96)48(27-38(6)7)80-62(95)47(26-37(4)5)81-64(97)49(30-46-32-73-36-76-46)79-56(92)34-75-55(91)33-74-54(90)31-72/h18-20,22-23,32,36-44,47-53,57-59,89H,15-17,21,24-31,33-35,72H2,1-14H3,(H,73,76)(H,74,90)(H,75,91)(H,77,93)(H,78,100)(H,79,92)(H,80,95)(H,81,97)(H,82,96)(H,83,98)(H,84,94)(H,85,99)(H,86,102)(H,87,101)(H,104,105)/t40-,41-,42-,43-,44-,47-,48-,49-,50-,51-,52-,53-,57-,58-,59-/m0/s1. The summed E-state index contributed by atoms with van der Waals surface area (Å²) in [6, 6.07) is -6.83. The van der Waals surface area contributed by atoms with Crippen LogP contribution in [-0.2, 0) is 84.8 Å². The third kappa shape index (κ3) is 30.2. The summed E-state index contributed by atoms with van der Waals surface area (Å²) in [4.78, 5) is 213. The molecular weight excluding hydrogens is 1360 g/mol. The number of amides is 14. The molecule has 105 heavy (non-hydrogen) atoms. The first kappa shape index (κ1) is 89.6. The molecule has 1 aromatic heterocycles. The predicted molar refractivity (Wildman–Crippen MR) is 386 cm³/mol. The largest absolute Gasteiger partial charge is 0.480 e. The zero-order valence-electron chi connectivity index (χ0n) is 63.0. The van der Waals surface area contributed by atoms with Crippen LogP contribution in [0.4, 0.5) is 0 Å². The average Bonchev–Trinajstić information content (AvgIpc) is 1.74. The predicted octanol–water partition coefficient (Wildman–Crippen LogP) is -1.90. The fourth-order valence-electron chi connectivity index (χ4n) is 11.4. The number of rotatable bonds is 45. The number of H-pyrrole nitrogens is 1. The van der Waals surface area contributed by atoms with E-state index in [0.29, 0.717) is 36.9 Å². The van der Waals surface area contributed by atoms with E-state index >= 15 is 4.79 Å². The summed E-state index contributed by atoms with van der Waals surface area (Å²) in [7, 11) is 0. The number of aliphatic carboxylic acids is 1. The van der Waals surface area contributed by atoms with Gasteiger partial charge in [0, 0.05) is 31.3 Å². The minimum atomic E-state index is -1.57. The van der Waals surface area contributed by atoms with E-state index in [1.807, 2.05) is 27.7 Å². The van der Waals surface area contributed by atoms with Crippen molar-refractivity contribution in [2.75, 3.05) is 32.8 Å². The minimum Gasteiger partial charge on any atom is -0.480 e. The summed E-state index contributed by atoms with van der Waals surface area (Å²) < 4.78 is 0. The molecule has 2 heterocycles. The number of carbonyl (C=O) groups excluding carboxylic acids is 14. The van der Waals surface area contributed by atoms with Crippen molar-refractivity contribution in [2.45, 2.75) is 234 Å². The Hall–Kier alpha value is -9.60. The van der Waals surface area contributed by atoms with Crippen LogP contribution in [0.25, 0.3) is 0 Å². The maximum atomic E-state index is 15.1. The fraction of sp³-hybridized carbons (Fsp3) is 0.662. The molecule has 0 radical (unpaired) electrons. The summed E-state index contributed by atoms with van der Waals surface area (Å²) in [5.74, 6) is -14.1. The molecule has 0 unspecified atom stereocenters. The number of hydrogen-bond donors (Lipinski definition) is 17. The summed E-state index contributed by atoms with van der Waals surface area (Å²) in [5, 5.41) is 53.2. The zero-order valence-corrected chi connectivity index (χ0v) is 63.0. The number of aliphatic hydroxyl groups excluding tert-OH is 1. The lowest BCUT2D eigenvalue weighted by Crippen LogP contribution is -2.62. The quantitative estimate of drug-likeness (QED) is 0.0344. The van der Waals surface area contributed by atoms with Gasteiger partial charge < -0.3 is 94.9 Å². The fourth-order valence-corrected chi connectivity index (χ4v) is 11.4. The number of nitrogens with one attached hydrogen (secondary N) is 14. The van der Waals surface area contributed by atoms with Crippen molar-refractivity contribution in [3.05, 3.63) is 54.1 Å². The molecule has 0 aliphatic carbocycles. The number of nitrogens with two attached hydrogens (primary N) is 1. The molecule has 1 saturated heterocycles. The van der Waals surface area contributed by atoms with Crippen LogP contribution < -0.4 is 74.9 Å². The Morgan fingerprint density at radius 1 is 0.495 bits per heavy atom. The van der Waals surface area contributed by atoms with Crippen LogP contribution in [0, 0.1) is 35.5 Å². The van der Waals surface area contributed by atoms with Gasteiger partial charge >= 0.3 is 5.97 Å². The topological polar surface area (TPSA) is 511 Å². The first-order chi connectivity index (χ1) is 49.5. The van der Waals surface area contributed by atoms with Crippen LogP contribution >= 0.6 is 0 Å². The lowest BCUT2D eigenvalue weighted by atomic mass is 9.93. The Morgan fingerprint density at radius 2 is 0.924 bits per heavy atom. The summed E-state index contributed by atoms with van der Waals surface area (Å²) in [6.07, 6.45) is 4.46. The number of aliphatic hydroxyl groups is 1. The van der Waals surface area contributed by atoms with Gasteiger partial charge in [-0.1, -0.05) is 133 Å². The van der Waals surface area contributed by atoms with E-state index in [0.717, 1.165) is 0 Å². The molecule has 1 fully saturated rings. The van der Waals surface area contributed by atoms with Crippen LogP contribution in [0.1, 0.15) is 160 Å². The maximum Gasteiger partial charge on any atom is 0.326 e. The maximum absolute atomic E-state index is 15.1. The lowest BCUT2D eigenvalue weighted by Gasteiger charge is -2.33. The number of carboxylic acid groups (broad SMARTS) is 1. The first-order valence-electron chi connectivity index (χ1n) is 36.2. The average molecular weight is 1480 g/mol. The summed E-state index contributed by atoms with van der Waals surface area (Å²) in [5.41, 5.74) is 6.36. The van der Waals surface area contributed by atoms with Gasteiger partial charge in [-0.25, -0.2) is 9.78 Å². The van der Waals surface area contributed by atoms with Gasteiger partial charge in [0.15, 0.2) is 0 Å². The molecule has 1 aromatic carbocycles. The van der Waals surface area contributed by atoms with Crippen LogP contribution in [0.3, 0.4) is 0 Å². The number of imidazole rings is 1. The highest BCUT2D eigenvalue weighted by Gasteiger charge is 2.43. The number of nitrogens with zero attached hydrogens (tertiary/aromatic N) is 2. The monoisotopic (exact) mass is 1480 g/mol. The van der Waals surface area contributed by atoms with Crippen LogP contribution in [0.15, 0.2) is 42.9 Å². The Balaban J connectivity index is 1.85. The van der Waals surface area contributed by atoms with Crippen molar-refractivity contribution in [3.8, 4) is 0 Å². The summed E-state index contributed by atoms with van der Waals surface area (Å²) >= 11 is 0. The van der Waals surface area contributed by atoms with Gasteiger partial charge in [0.1, 0.15) is 72.5 Å². The number of benzene rings is 1. The second-order valence-electron chi connectivity index (χ2n) is 28.3. The molecule has 34 nitrogen and oxygen atoms in total. The lowest BCUT2D eigenvalue weighted by molar-refractivity contribution is -0.143. The van der Waals surface area contributed by atoms with Crippen LogP contribution in [0.5, 0.6) is 0 Å². The Labute approximate surface area is 614 Å². The molecule has 1 aliphatic rings. The van der Waals surface area contributed by atoms with E-state index in [-0.39, 0.29) is 69.4 Å². The SMILES string of the molecule is CC[C@H](C)[C@H](NC(=O)[C@@H](NC(=O)[C@@H](NC(=O)[C@@H]1CCCN1C(=O)[C@H](Cc1ccccc1)NC(=O)[C@H](CC(C)C)NC(=O)[C@H](CC(C)C)NC(=O)[C@H](Cc1cnc[nH]1)NC(=O)CNC(=O)CNC(=O)CN)[C@@H](C)CC)[C@@H](C)CC)C(=O)N[C@@H](C)C(=O)N[C@@H](C)C(=O)N[C@@H](CO)C(=O)N[C@@H](CC(C)C)C(=O)O. The highest BCUT2D eigenvalue weighted by atomic mass is 16.4. The van der Waals surface area contributed by atoms with Crippen LogP contribution in [0.2, 0.25) is 0 Å². The van der Waals surface area contributed by atoms with Crippen molar-refractivity contribution in [1.82, 2.24) is 84.0 Å². The van der Waals surface area contributed by atoms with Crippen molar-refractivity contribution in [3.63, 3.8) is 0 Å². The molecule has 34 heteroatoms. The van der Waals surface area contributed by atoms with Crippen molar-refractivity contribution < 1.29 is 82.1 Å². The molecule has 15 atom stereocenters. The normalized spacial score (nSPS) is 16.8. The molecule has 0 saturated carbocycles. The second-order valence-corrected chi connectivity index (χ2v) is 28.3. The Bertz CT molecular complexity index is 3250. The Morgan fingerprint density at radius 3 is 1.40 bits per heavy atom. The second kappa shape index (κ2) is 44.9. The van der Waals surface area contributed by atoms with E-state index in [4.69, 9.17) is 5.73 Å². The van der Waals surface area contributed by atoms with Gasteiger partial charge in [0.2, 0.25) is 82.7 Å². The van der Waals surface area contributed by atoms with Gasteiger partial charge in [-0.05, 0) is 87.0 Å². The van der Waals surface area contributed by atoms with E-state index < -0.39 is 199 Å². The van der Waals surface area contributed by atoms with Gasteiger partial charge in [-0.15, -0.1) is 0 Å². The molecule has 2 aromatic rings. The number of aromatic amines is 1. The van der Waals surface area contributed by atoms with E-state index in [1.165, 1.54) is 31.3 Å². The van der Waals surface area contributed by atoms with Crippen molar-refractivity contribution >= 4 is 88.7 Å². The molecule has 0 bridgehead atoms. The van der Waals surface area contributed by atoms with Gasteiger partial charge in [-0.3, -0.25) is 67.1 Å². The highest BCUT2D eigenvalue weighted by Crippen LogP contribution is 2.23. The Kier molecular flexibility index (Phi) is 38.3. The number of carboxylic acids is 1. The zero-order chi connectivity index (χ0) is 78.9. The molecule has 3 rings (SSSR count). The van der Waals surface area contributed by atoms with Crippen molar-refractivity contribution in [2.24, 2.45) is 41.2 Å². The van der Waals surface area contributed by atoms with Gasteiger partial charge in [-0.2, -0.15) is 0 Å². The van der Waals surface area contributed by atoms with Crippen molar-refractivity contribution in [1.29, 1.82) is 0 Å². The van der Waals surface area contributed by atoms with Gasteiger partial charge in [0.25, 0.3) is 0 Å². The van der Waals surface area contributed by atoms with E-state index in [2.05, 4.69) is 79.1 Å². The van der Waals surface area contributed by atoms with Crippen LogP contribution in [-0.4, -0.2) is 219 Å². The number of hydrogen-bond acceptors (Lipinski definition) is 18. The minimum absolute atomic E-state index is 0.0523. The number of likely N-dealkylation sites (tertiary alicyclic amines) is 1.